The smallest absolute Gasteiger partial charge is 0.243 e. The van der Waals surface area contributed by atoms with Gasteiger partial charge < -0.3 is 15.2 Å². The topological polar surface area (TPSA) is 76.0 Å². The Morgan fingerprint density at radius 3 is 2.57 bits per heavy atom. The fourth-order valence-corrected chi connectivity index (χ4v) is 4.12. The minimum absolute atomic E-state index is 0.0828. The van der Waals surface area contributed by atoms with Gasteiger partial charge >= 0.3 is 0 Å². The van der Waals surface area contributed by atoms with Crippen LogP contribution >= 0.6 is 11.8 Å². The van der Waals surface area contributed by atoms with Gasteiger partial charge in [0.2, 0.25) is 11.8 Å². The zero-order chi connectivity index (χ0) is 21.7. The number of aryl methyl sites for hydroxylation is 2. The van der Waals surface area contributed by atoms with Gasteiger partial charge in [0.1, 0.15) is 0 Å². The van der Waals surface area contributed by atoms with Gasteiger partial charge in [0.25, 0.3) is 0 Å². The van der Waals surface area contributed by atoms with Crippen LogP contribution in [0.3, 0.4) is 0 Å². The van der Waals surface area contributed by atoms with E-state index in [0.29, 0.717) is 6.54 Å². The summed E-state index contributed by atoms with van der Waals surface area (Å²) in [7, 11) is 0. The molecule has 0 saturated carbocycles. The van der Waals surface area contributed by atoms with E-state index in [-0.39, 0.29) is 18.4 Å². The molecule has 2 N–H and O–H groups in total. The molecule has 2 aromatic carbocycles. The van der Waals surface area contributed by atoms with Crippen molar-refractivity contribution in [1.82, 2.24) is 14.9 Å². The summed E-state index contributed by atoms with van der Waals surface area (Å²) in [5, 5.41) is 5.94. The van der Waals surface area contributed by atoms with Gasteiger partial charge in [-0.15, -0.1) is 6.58 Å². The van der Waals surface area contributed by atoms with Crippen LogP contribution in [0.5, 0.6) is 0 Å². The number of hydrogen-bond donors (Lipinski definition) is 2. The Morgan fingerprint density at radius 1 is 1.17 bits per heavy atom. The Kier molecular flexibility index (Phi) is 6.95. The van der Waals surface area contributed by atoms with Gasteiger partial charge in [-0.05, 0) is 44.0 Å². The molecule has 156 valence electrons. The van der Waals surface area contributed by atoms with Crippen LogP contribution in [0, 0.1) is 13.8 Å². The van der Waals surface area contributed by atoms with Crippen LogP contribution in [-0.2, 0) is 16.1 Å². The maximum absolute atomic E-state index is 12.6. The summed E-state index contributed by atoms with van der Waals surface area (Å²) in [5.74, 6) is -0.467. The number of thioether (sulfide) groups is 1. The zero-order valence-electron chi connectivity index (χ0n) is 17.4. The van der Waals surface area contributed by atoms with E-state index in [4.69, 9.17) is 0 Å². The summed E-state index contributed by atoms with van der Waals surface area (Å²) >= 11 is 1.36. The first kappa shape index (κ1) is 21.6. The average molecular weight is 423 g/mol. The highest BCUT2D eigenvalue weighted by Gasteiger charge is 2.20. The number of fused-ring (bicyclic) bond motifs is 1. The molecule has 30 heavy (non-hydrogen) atoms. The van der Waals surface area contributed by atoms with Crippen LogP contribution in [0.4, 0.5) is 5.69 Å². The van der Waals surface area contributed by atoms with Gasteiger partial charge in [0.15, 0.2) is 5.16 Å². The molecule has 1 unspecified atom stereocenters. The number of nitrogens with zero attached hydrogens (tertiary/aromatic N) is 2. The minimum Gasteiger partial charge on any atom is -0.346 e. The van der Waals surface area contributed by atoms with E-state index in [1.807, 2.05) is 60.9 Å². The number of nitrogens with one attached hydrogen (secondary N) is 2. The third kappa shape index (κ3) is 4.91. The number of amides is 2. The van der Waals surface area contributed by atoms with Crippen LogP contribution in [0.2, 0.25) is 0 Å². The number of hydrogen-bond acceptors (Lipinski definition) is 4. The second kappa shape index (κ2) is 9.63. The molecule has 6 nitrogen and oxygen atoms in total. The molecule has 2 amide bonds. The minimum atomic E-state index is -0.404. The van der Waals surface area contributed by atoms with Gasteiger partial charge in [-0.3, -0.25) is 9.59 Å². The summed E-state index contributed by atoms with van der Waals surface area (Å²) < 4.78 is 2.03. The molecule has 3 aromatic rings. The molecule has 1 heterocycles. The summed E-state index contributed by atoms with van der Waals surface area (Å²) in [4.78, 5) is 29.5. The first-order valence-corrected chi connectivity index (χ1v) is 10.6. The lowest BCUT2D eigenvalue weighted by atomic mass is 10.1. The number of aromatic nitrogens is 2. The molecule has 0 spiro atoms. The second-order valence-corrected chi connectivity index (χ2v) is 8.38. The SMILES string of the molecule is C=CCn1c(SC(C)C(=O)NCC(=O)Nc2c(C)cccc2C)nc2ccccc21. The number of para-hydroxylation sites is 3. The molecular weight excluding hydrogens is 396 g/mol. The van der Waals surface area contributed by atoms with Crippen molar-refractivity contribution in [1.29, 1.82) is 0 Å². The van der Waals surface area contributed by atoms with Crippen LogP contribution in [0.15, 0.2) is 60.3 Å². The summed E-state index contributed by atoms with van der Waals surface area (Å²) in [6, 6.07) is 13.7. The molecule has 0 saturated heterocycles. The Bertz CT molecular complexity index is 1070. The second-order valence-electron chi connectivity index (χ2n) is 7.08. The van der Waals surface area contributed by atoms with Crippen molar-refractivity contribution in [3.05, 3.63) is 66.2 Å². The quantitative estimate of drug-likeness (QED) is 0.424. The van der Waals surface area contributed by atoms with Gasteiger partial charge in [-0.1, -0.05) is 48.2 Å². The largest absolute Gasteiger partial charge is 0.346 e. The molecule has 0 radical (unpaired) electrons. The molecule has 1 atom stereocenters. The molecule has 3 rings (SSSR count). The van der Waals surface area contributed by atoms with Gasteiger partial charge in [0.05, 0.1) is 22.8 Å². The van der Waals surface area contributed by atoms with E-state index in [9.17, 15) is 9.59 Å². The highest BCUT2D eigenvalue weighted by molar-refractivity contribution is 8.00. The predicted molar refractivity (Wildman–Crippen MR) is 123 cm³/mol. The van der Waals surface area contributed by atoms with Gasteiger partial charge in [0, 0.05) is 12.2 Å². The molecule has 0 aliphatic heterocycles. The Hall–Kier alpha value is -3.06. The van der Waals surface area contributed by atoms with Crippen molar-refractivity contribution in [3.63, 3.8) is 0 Å². The Balaban J connectivity index is 1.61. The third-order valence-corrected chi connectivity index (χ3v) is 5.84. The number of anilines is 1. The number of rotatable bonds is 8. The third-order valence-electron chi connectivity index (χ3n) is 4.75. The summed E-state index contributed by atoms with van der Waals surface area (Å²) in [5.41, 5.74) is 4.64. The standard InChI is InChI=1S/C23H26N4O2S/c1-5-13-27-19-12-7-6-11-18(19)25-23(27)30-17(4)22(29)24-14-20(28)26-21-15(2)9-8-10-16(21)3/h5-12,17H,1,13-14H2,2-4H3,(H,24,29)(H,26,28). The van der Waals surface area contributed by atoms with Crippen molar-refractivity contribution in [2.75, 3.05) is 11.9 Å². The van der Waals surface area contributed by atoms with Crippen LogP contribution in [-0.4, -0.2) is 33.2 Å². The Morgan fingerprint density at radius 2 is 1.87 bits per heavy atom. The summed E-state index contributed by atoms with van der Waals surface area (Å²) in [6.07, 6.45) is 1.81. The van der Waals surface area contributed by atoms with Crippen molar-refractivity contribution >= 4 is 40.3 Å². The number of imidazole rings is 1. The maximum atomic E-state index is 12.6. The first-order valence-electron chi connectivity index (χ1n) is 9.77. The molecule has 7 heteroatoms. The lowest BCUT2D eigenvalue weighted by Crippen LogP contribution is -2.37. The van der Waals surface area contributed by atoms with Crippen molar-refractivity contribution in [2.45, 2.75) is 37.7 Å². The van der Waals surface area contributed by atoms with E-state index >= 15 is 0 Å². The number of carbonyl (C=O) groups is 2. The average Bonchev–Trinajstić information content (AvgIpc) is 3.06. The van der Waals surface area contributed by atoms with Crippen molar-refractivity contribution < 1.29 is 9.59 Å². The highest BCUT2D eigenvalue weighted by atomic mass is 32.2. The highest BCUT2D eigenvalue weighted by Crippen LogP contribution is 2.27. The molecule has 0 aliphatic carbocycles. The Labute approximate surface area is 180 Å². The van der Waals surface area contributed by atoms with Crippen LogP contribution in [0.1, 0.15) is 18.1 Å². The van der Waals surface area contributed by atoms with Gasteiger partial charge in [-0.25, -0.2) is 4.98 Å². The van der Waals surface area contributed by atoms with Crippen molar-refractivity contribution in [3.8, 4) is 0 Å². The first-order chi connectivity index (χ1) is 14.4. The van der Waals surface area contributed by atoms with Crippen LogP contribution in [0.25, 0.3) is 11.0 Å². The molecule has 0 bridgehead atoms. The van der Waals surface area contributed by atoms with Gasteiger partial charge in [-0.2, -0.15) is 0 Å². The monoisotopic (exact) mass is 422 g/mol. The van der Waals surface area contributed by atoms with E-state index in [1.54, 1.807) is 13.0 Å². The fraction of sp³-hybridized carbons (Fsp3) is 0.261. The molecular formula is C23H26N4O2S. The molecule has 1 aromatic heterocycles. The van der Waals surface area contributed by atoms with E-state index in [2.05, 4.69) is 22.2 Å². The van der Waals surface area contributed by atoms with E-state index in [0.717, 1.165) is 33.0 Å². The summed E-state index contributed by atoms with van der Waals surface area (Å²) in [6.45, 7) is 10.0. The predicted octanol–water partition coefficient (Wildman–Crippen LogP) is 4.07. The van der Waals surface area contributed by atoms with Crippen molar-refractivity contribution in [2.24, 2.45) is 0 Å². The van der Waals surface area contributed by atoms with Crippen LogP contribution < -0.4 is 10.6 Å². The van der Waals surface area contributed by atoms with E-state index < -0.39 is 5.25 Å². The zero-order valence-corrected chi connectivity index (χ0v) is 18.3. The van der Waals surface area contributed by atoms with E-state index in [1.165, 1.54) is 11.8 Å². The number of carbonyl (C=O) groups excluding carboxylic acids is 2. The fourth-order valence-electron chi connectivity index (χ4n) is 3.17. The lowest BCUT2D eigenvalue weighted by molar-refractivity contribution is -0.123. The maximum Gasteiger partial charge on any atom is 0.243 e. The number of allylic oxidation sites excluding steroid dienone is 1. The number of benzene rings is 2. The lowest BCUT2D eigenvalue weighted by Gasteiger charge is -2.14. The molecule has 0 fully saturated rings. The molecule has 0 aliphatic rings. The normalized spacial score (nSPS) is 11.8.